The van der Waals surface area contributed by atoms with Gasteiger partial charge in [-0.05, 0) is 44.3 Å². The molecule has 1 fully saturated rings. The van der Waals surface area contributed by atoms with E-state index in [-0.39, 0.29) is 5.91 Å². The molecule has 1 aromatic rings. The van der Waals surface area contributed by atoms with Crippen LogP contribution in [0.15, 0.2) is 24.3 Å². The molecule has 2 rings (SSSR count). The second kappa shape index (κ2) is 6.71. The quantitative estimate of drug-likeness (QED) is 0.870. The fourth-order valence-electron chi connectivity index (χ4n) is 2.52. The third-order valence-electron chi connectivity index (χ3n) is 3.89. The van der Waals surface area contributed by atoms with Crippen molar-refractivity contribution >= 4 is 5.91 Å². The molecule has 0 aliphatic carbocycles. The highest BCUT2D eigenvalue weighted by atomic mass is 16.1. The van der Waals surface area contributed by atoms with Crippen LogP contribution in [0, 0.1) is 12.8 Å². The molecule has 1 aliphatic rings. The SMILES string of the molecule is Cc1ccc(CCC(=O)NC2CCNCC2C)cc1. The highest BCUT2D eigenvalue weighted by Crippen LogP contribution is 2.11. The summed E-state index contributed by atoms with van der Waals surface area (Å²) < 4.78 is 0. The third-order valence-corrected chi connectivity index (χ3v) is 3.89. The number of hydrogen-bond donors (Lipinski definition) is 2. The molecule has 1 amide bonds. The molecule has 0 aromatic heterocycles. The van der Waals surface area contributed by atoms with E-state index in [1.165, 1.54) is 11.1 Å². The summed E-state index contributed by atoms with van der Waals surface area (Å²) in [5, 5.41) is 6.52. The van der Waals surface area contributed by atoms with E-state index in [2.05, 4.69) is 48.7 Å². The largest absolute Gasteiger partial charge is 0.353 e. The van der Waals surface area contributed by atoms with Crippen molar-refractivity contribution in [3.05, 3.63) is 35.4 Å². The van der Waals surface area contributed by atoms with Crippen molar-refractivity contribution in [3.8, 4) is 0 Å². The Morgan fingerprint density at radius 1 is 1.37 bits per heavy atom. The normalized spacial score (nSPS) is 23.1. The molecule has 2 unspecified atom stereocenters. The Morgan fingerprint density at radius 2 is 2.11 bits per heavy atom. The number of piperidine rings is 1. The van der Waals surface area contributed by atoms with Crippen LogP contribution < -0.4 is 10.6 Å². The number of rotatable bonds is 4. The number of hydrogen-bond acceptors (Lipinski definition) is 2. The van der Waals surface area contributed by atoms with E-state index in [9.17, 15) is 4.79 Å². The lowest BCUT2D eigenvalue weighted by Gasteiger charge is -2.30. The first-order valence-corrected chi connectivity index (χ1v) is 7.21. The highest BCUT2D eigenvalue weighted by Gasteiger charge is 2.22. The Morgan fingerprint density at radius 3 is 2.79 bits per heavy atom. The van der Waals surface area contributed by atoms with Crippen LogP contribution >= 0.6 is 0 Å². The van der Waals surface area contributed by atoms with Crippen LogP contribution in [-0.4, -0.2) is 25.0 Å². The molecule has 3 nitrogen and oxygen atoms in total. The minimum absolute atomic E-state index is 0.180. The summed E-state index contributed by atoms with van der Waals surface area (Å²) >= 11 is 0. The van der Waals surface area contributed by atoms with Gasteiger partial charge < -0.3 is 10.6 Å². The van der Waals surface area contributed by atoms with E-state index in [1.54, 1.807) is 0 Å². The molecule has 104 valence electrons. The van der Waals surface area contributed by atoms with Crippen LogP contribution in [0.5, 0.6) is 0 Å². The summed E-state index contributed by atoms with van der Waals surface area (Å²) in [4.78, 5) is 12.0. The number of carbonyl (C=O) groups is 1. The van der Waals surface area contributed by atoms with E-state index < -0.39 is 0 Å². The maximum atomic E-state index is 12.0. The van der Waals surface area contributed by atoms with Crippen molar-refractivity contribution in [2.24, 2.45) is 5.92 Å². The van der Waals surface area contributed by atoms with Crippen LogP contribution in [0.3, 0.4) is 0 Å². The predicted octanol–water partition coefficient (Wildman–Crippen LogP) is 2.04. The second-order valence-electron chi connectivity index (χ2n) is 5.63. The fourth-order valence-corrected chi connectivity index (χ4v) is 2.52. The van der Waals surface area contributed by atoms with Gasteiger partial charge in [0.1, 0.15) is 0 Å². The molecule has 1 aliphatic heterocycles. The fraction of sp³-hybridized carbons (Fsp3) is 0.562. The topological polar surface area (TPSA) is 41.1 Å². The summed E-state index contributed by atoms with van der Waals surface area (Å²) in [5.74, 6) is 0.705. The molecule has 1 saturated heterocycles. The van der Waals surface area contributed by atoms with E-state index in [0.717, 1.165) is 25.9 Å². The zero-order valence-corrected chi connectivity index (χ0v) is 11.9. The first kappa shape index (κ1) is 14.1. The van der Waals surface area contributed by atoms with Crippen molar-refractivity contribution in [1.29, 1.82) is 0 Å². The van der Waals surface area contributed by atoms with Crippen molar-refractivity contribution in [3.63, 3.8) is 0 Å². The lowest BCUT2D eigenvalue weighted by molar-refractivity contribution is -0.122. The van der Waals surface area contributed by atoms with Gasteiger partial charge in [-0.3, -0.25) is 4.79 Å². The lowest BCUT2D eigenvalue weighted by Crippen LogP contribution is -2.48. The third kappa shape index (κ3) is 4.35. The predicted molar refractivity (Wildman–Crippen MR) is 78.1 cm³/mol. The molecule has 1 aromatic carbocycles. The Hall–Kier alpha value is -1.35. The maximum absolute atomic E-state index is 12.0. The van der Waals surface area contributed by atoms with Gasteiger partial charge in [0, 0.05) is 12.5 Å². The van der Waals surface area contributed by atoms with Crippen molar-refractivity contribution < 1.29 is 4.79 Å². The number of carbonyl (C=O) groups excluding carboxylic acids is 1. The van der Waals surface area contributed by atoms with Gasteiger partial charge >= 0.3 is 0 Å². The molecule has 0 radical (unpaired) electrons. The minimum Gasteiger partial charge on any atom is -0.353 e. The van der Waals surface area contributed by atoms with Gasteiger partial charge in [-0.1, -0.05) is 36.8 Å². The Balaban J connectivity index is 1.76. The van der Waals surface area contributed by atoms with Crippen molar-refractivity contribution in [1.82, 2.24) is 10.6 Å². The Bertz CT molecular complexity index is 413. The van der Waals surface area contributed by atoms with E-state index in [4.69, 9.17) is 0 Å². The van der Waals surface area contributed by atoms with Crippen LogP contribution in [0.4, 0.5) is 0 Å². The molecule has 0 spiro atoms. The molecule has 2 atom stereocenters. The molecule has 2 N–H and O–H groups in total. The molecule has 0 bridgehead atoms. The van der Waals surface area contributed by atoms with E-state index >= 15 is 0 Å². The monoisotopic (exact) mass is 260 g/mol. The van der Waals surface area contributed by atoms with Gasteiger partial charge in [0.05, 0.1) is 0 Å². The zero-order chi connectivity index (χ0) is 13.7. The minimum atomic E-state index is 0.180. The highest BCUT2D eigenvalue weighted by molar-refractivity contribution is 5.76. The number of amides is 1. The van der Waals surface area contributed by atoms with Crippen LogP contribution in [-0.2, 0) is 11.2 Å². The first-order valence-electron chi connectivity index (χ1n) is 7.21. The van der Waals surface area contributed by atoms with Gasteiger partial charge in [0.2, 0.25) is 5.91 Å². The summed E-state index contributed by atoms with van der Waals surface area (Å²) in [6, 6.07) is 8.75. The smallest absolute Gasteiger partial charge is 0.220 e. The molecular formula is C16H24N2O. The van der Waals surface area contributed by atoms with Crippen molar-refractivity contribution in [2.45, 2.75) is 39.2 Å². The standard InChI is InChI=1S/C16H24N2O/c1-12-3-5-14(6-4-12)7-8-16(19)18-15-9-10-17-11-13(15)2/h3-6,13,15,17H,7-11H2,1-2H3,(H,18,19). The molecule has 1 heterocycles. The maximum Gasteiger partial charge on any atom is 0.220 e. The summed E-state index contributed by atoms with van der Waals surface area (Å²) in [7, 11) is 0. The van der Waals surface area contributed by atoms with Gasteiger partial charge in [-0.15, -0.1) is 0 Å². The summed E-state index contributed by atoms with van der Waals surface area (Å²) in [5.41, 5.74) is 2.50. The van der Waals surface area contributed by atoms with Gasteiger partial charge in [-0.2, -0.15) is 0 Å². The average Bonchev–Trinajstić information content (AvgIpc) is 2.41. The number of benzene rings is 1. The molecule has 19 heavy (non-hydrogen) atoms. The van der Waals surface area contributed by atoms with Crippen LogP contribution in [0.2, 0.25) is 0 Å². The van der Waals surface area contributed by atoms with Gasteiger partial charge in [-0.25, -0.2) is 0 Å². The number of nitrogens with one attached hydrogen (secondary N) is 2. The average molecular weight is 260 g/mol. The molecule has 0 saturated carbocycles. The Labute approximate surface area is 115 Å². The van der Waals surface area contributed by atoms with Gasteiger partial charge in [0.15, 0.2) is 0 Å². The summed E-state index contributed by atoms with van der Waals surface area (Å²) in [6.45, 7) is 6.28. The molecule has 3 heteroatoms. The van der Waals surface area contributed by atoms with E-state index in [0.29, 0.717) is 18.4 Å². The number of aryl methyl sites for hydroxylation is 2. The van der Waals surface area contributed by atoms with Gasteiger partial charge in [0.25, 0.3) is 0 Å². The summed E-state index contributed by atoms with van der Waals surface area (Å²) in [6.07, 6.45) is 2.45. The van der Waals surface area contributed by atoms with E-state index in [1.807, 2.05) is 0 Å². The van der Waals surface area contributed by atoms with Crippen LogP contribution in [0.25, 0.3) is 0 Å². The molecular weight excluding hydrogens is 236 g/mol. The van der Waals surface area contributed by atoms with Crippen LogP contribution in [0.1, 0.15) is 30.9 Å². The lowest BCUT2D eigenvalue weighted by atomic mass is 9.95. The first-order chi connectivity index (χ1) is 9.15. The van der Waals surface area contributed by atoms with Crippen molar-refractivity contribution in [2.75, 3.05) is 13.1 Å². The Kier molecular flexibility index (Phi) is 4.97. The zero-order valence-electron chi connectivity index (χ0n) is 11.9. The second-order valence-corrected chi connectivity index (χ2v) is 5.63.